The van der Waals surface area contributed by atoms with Gasteiger partial charge in [0, 0.05) is 21.8 Å². The van der Waals surface area contributed by atoms with E-state index in [4.69, 9.17) is 11.6 Å². The van der Waals surface area contributed by atoms with E-state index < -0.39 is 5.97 Å². The molecule has 1 saturated heterocycles. The smallest absolute Gasteiger partial charge is 0.103 e. The second-order valence-corrected chi connectivity index (χ2v) is 6.28. The Labute approximate surface area is 140 Å². The van der Waals surface area contributed by atoms with Crippen molar-refractivity contribution in [2.45, 2.75) is 6.54 Å². The van der Waals surface area contributed by atoms with Gasteiger partial charge in [-0.3, -0.25) is 0 Å². The summed E-state index contributed by atoms with van der Waals surface area (Å²) in [5.74, 6) is -1.12. The summed E-state index contributed by atoms with van der Waals surface area (Å²) in [6.45, 7) is 4.54. The van der Waals surface area contributed by atoms with E-state index >= 15 is 0 Å². The fourth-order valence-electron chi connectivity index (χ4n) is 3.10. The van der Waals surface area contributed by atoms with Crippen LogP contribution < -0.4 is 14.9 Å². The van der Waals surface area contributed by atoms with Crippen LogP contribution in [0.2, 0.25) is 5.02 Å². The summed E-state index contributed by atoms with van der Waals surface area (Å²) in [4.78, 5) is 14.9. The highest BCUT2D eigenvalue weighted by Crippen LogP contribution is 2.19. The van der Waals surface area contributed by atoms with Crippen LogP contribution in [0.3, 0.4) is 0 Å². The molecule has 1 aliphatic heterocycles. The van der Waals surface area contributed by atoms with E-state index in [9.17, 15) is 9.90 Å². The lowest BCUT2D eigenvalue weighted by Gasteiger charge is -2.34. The Bertz CT molecular complexity index is 697. The molecule has 1 N–H and O–H groups in total. The summed E-state index contributed by atoms with van der Waals surface area (Å²) in [6.07, 6.45) is 0. The number of aromatic carboxylic acids is 1. The van der Waals surface area contributed by atoms with Crippen LogP contribution in [-0.2, 0) is 6.54 Å². The maximum Gasteiger partial charge on any atom is 0.103 e. The molecule has 2 aromatic carbocycles. The zero-order chi connectivity index (χ0) is 16.2. The molecule has 0 radical (unpaired) electrons. The van der Waals surface area contributed by atoms with E-state index in [0.29, 0.717) is 0 Å². The zero-order valence-electron chi connectivity index (χ0n) is 12.8. The molecular formula is C18H19ClN2O2. The third kappa shape index (κ3) is 3.84. The predicted octanol–water partition coefficient (Wildman–Crippen LogP) is 0.609. The van der Waals surface area contributed by atoms with Gasteiger partial charge in [0.1, 0.15) is 6.54 Å². The van der Waals surface area contributed by atoms with Crippen LogP contribution in [0.5, 0.6) is 0 Å². The third-order valence-corrected chi connectivity index (χ3v) is 4.51. The van der Waals surface area contributed by atoms with E-state index in [0.717, 1.165) is 43.4 Å². The highest BCUT2D eigenvalue weighted by molar-refractivity contribution is 6.30. The lowest BCUT2D eigenvalue weighted by molar-refractivity contribution is -0.914. The van der Waals surface area contributed by atoms with Crippen molar-refractivity contribution < 1.29 is 14.8 Å². The van der Waals surface area contributed by atoms with Crippen molar-refractivity contribution in [3.05, 3.63) is 64.7 Å². The van der Waals surface area contributed by atoms with E-state index in [2.05, 4.69) is 11.0 Å². The summed E-state index contributed by atoms with van der Waals surface area (Å²) in [5.41, 5.74) is 2.26. The van der Waals surface area contributed by atoms with Gasteiger partial charge < -0.3 is 19.7 Å². The zero-order valence-corrected chi connectivity index (χ0v) is 13.6. The predicted molar refractivity (Wildman–Crippen MR) is 88.8 cm³/mol. The fourth-order valence-corrected chi connectivity index (χ4v) is 3.31. The van der Waals surface area contributed by atoms with Crippen LogP contribution in [0.25, 0.3) is 0 Å². The molecule has 120 valence electrons. The lowest BCUT2D eigenvalue weighted by atomic mass is 10.1. The summed E-state index contributed by atoms with van der Waals surface area (Å²) < 4.78 is 0. The van der Waals surface area contributed by atoms with Crippen molar-refractivity contribution in [2.24, 2.45) is 0 Å². The Morgan fingerprint density at radius 2 is 1.87 bits per heavy atom. The molecule has 2 aromatic rings. The van der Waals surface area contributed by atoms with Crippen LogP contribution in [-0.4, -0.2) is 32.1 Å². The number of nitrogens with one attached hydrogen (secondary N) is 1. The highest BCUT2D eigenvalue weighted by atomic mass is 35.5. The van der Waals surface area contributed by atoms with Crippen LogP contribution in [0.15, 0.2) is 48.5 Å². The van der Waals surface area contributed by atoms with Crippen molar-refractivity contribution in [3.63, 3.8) is 0 Å². The number of para-hydroxylation sites is 1. The molecule has 1 fully saturated rings. The second kappa shape index (κ2) is 7.02. The van der Waals surface area contributed by atoms with Gasteiger partial charge in [0.25, 0.3) is 0 Å². The quantitative estimate of drug-likeness (QED) is 0.893. The number of carbonyl (C=O) groups is 1. The van der Waals surface area contributed by atoms with Crippen LogP contribution in [0.4, 0.5) is 5.69 Å². The number of nitrogens with zero attached hydrogens (tertiary/aromatic N) is 1. The minimum absolute atomic E-state index is 0.269. The Balaban J connectivity index is 1.64. The Morgan fingerprint density at radius 1 is 1.13 bits per heavy atom. The number of piperazine rings is 1. The van der Waals surface area contributed by atoms with Gasteiger partial charge in [-0.05, 0) is 18.2 Å². The lowest BCUT2D eigenvalue weighted by Crippen LogP contribution is -3.13. The second-order valence-electron chi connectivity index (χ2n) is 5.85. The standard InChI is InChI=1S/C18H19ClN2O2/c19-15-5-3-4-14(12-15)13-20-8-10-21(11-9-20)17-7-2-1-6-16(17)18(22)23/h1-7,12H,8-11,13H2,(H,22,23). The van der Waals surface area contributed by atoms with Crippen molar-refractivity contribution >= 4 is 23.3 Å². The maximum atomic E-state index is 11.2. The molecule has 0 spiro atoms. The normalized spacial score (nSPS) is 15.6. The molecule has 1 aliphatic rings. The van der Waals surface area contributed by atoms with Gasteiger partial charge in [0.15, 0.2) is 0 Å². The van der Waals surface area contributed by atoms with Crippen LogP contribution in [0, 0.1) is 0 Å². The summed E-state index contributed by atoms with van der Waals surface area (Å²) in [5, 5.41) is 12.0. The Morgan fingerprint density at radius 3 is 2.57 bits per heavy atom. The molecule has 3 rings (SSSR count). The van der Waals surface area contributed by atoms with E-state index in [1.807, 2.05) is 30.3 Å². The number of quaternary nitrogens is 1. The number of halogens is 1. The van der Waals surface area contributed by atoms with Gasteiger partial charge >= 0.3 is 0 Å². The van der Waals surface area contributed by atoms with Crippen molar-refractivity contribution in [1.29, 1.82) is 0 Å². The van der Waals surface area contributed by atoms with Gasteiger partial charge in [0.05, 0.1) is 32.1 Å². The monoisotopic (exact) mass is 330 g/mol. The maximum absolute atomic E-state index is 11.2. The first-order chi connectivity index (χ1) is 11.1. The first-order valence-corrected chi connectivity index (χ1v) is 8.14. The Kier molecular flexibility index (Phi) is 4.84. The number of carboxylic acids is 1. The van der Waals surface area contributed by atoms with Gasteiger partial charge in [-0.2, -0.15) is 0 Å². The molecule has 1 heterocycles. The Hall–Kier alpha value is -2.04. The number of carbonyl (C=O) groups excluding carboxylic acids is 1. The van der Waals surface area contributed by atoms with Gasteiger partial charge in [-0.1, -0.05) is 41.9 Å². The summed E-state index contributed by atoms with van der Waals surface area (Å²) in [7, 11) is 0. The van der Waals surface area contributed by atoms with Gasteiger partial charge in [-0.15, -0.1) is 0 Å². The summed E-state index contributed by atoms with van der Waals surface area (Å²) in [6, 6.07) is 15.0. The van der Waals surface area contributed by atoms with Gasteiger partial charge in [-0.25, -0.2) is 0 Å². The van der Waals surface area contributed by atoms with Crippen molar-refractivity contribution in [3.8, 4) is 0 Å². The number of anilines is 1. The van der Waals surface area contributed by atoms with Crippen molar-refractivity contribution in [2.75, 3.05) is 31.1 Å². The molecule has 5 heteroatoms. The number of carboxylic acid groups (broad SMARTS) is 1. The summed E-state index contributed by atoms with van der Waals surface area (Å²) >= 11 is 6.03. The molecule has 0 aromatic heterocycles. The minimum Gasteiger partial charge on any atom is -0.545 e. The molecule has 0 saturated carbocycles. The molecular weight excluding hydrogens is 312 g/mol. The largest absolute Gasteiger partial charge is 0.545 e. The van der Waals surface area contributed by atoms with E-state index in [1.54, 1.807) is 12.1 Å². The molecule has 4 nitrogen and oxygen atoms in total. The molecule has 0 atom stereocenters. The van der Waals surface area contributed by atoms with Gasteiger partial charge in [0.2, 0.25) is 0 Å². The van der Waals surface area contributed by atoms with E-state index in [-0.39, 0.29) is 5.56 Å². The molecule has 0 bridgehead atoms. The molecule has 23 heavy (non-hydrogen) atoms. The molecule has 0 aliphatic carbocycles. The fraction of sp³-hybridized carbons (Fsp3) is 0.278. The molecule has 0 unspecified atom stereocenters. The molecule has 0 amide bonds. The minimum atomic E-state index is -1.12. The third-order valence-electron chi connectivity index (χ3n) is 4.28. The van der Waals surface area contributed by atoms with Crippen LogP contribution in [0.1, 0.15) is 15.9 Å². The first kappa shape index (κ1) is 15.8. The van der Waals surface area contributed by atoms with Crippen molar-refractivity contribution in [1.82, 2.24) is 0 Å². The number of rotatable bonds is 4. The average molecular weight is 331 g/mol. The van der Waals surface area contributed by atoms with Crippen LogP contribution >= 0.6 is 11.6 Å². The average Bonchev–Trinajstić information content (AvgIpc) is 2.55. The highest BCUT2D eigenvalue weighted by Gasteiger charge is 2.22. The van der Waals surface area contributed by atoms with E-state index in [1.165, 1.54) is 10.5 Å². The first-order valence-electron chi connectivity index (χ1n) is 7.77. The number of hydrogen-bond donors (Lipinski definition) is 1. The SMILES string of the molecule is O=C([O-])c1ccccc1N1CC[NH+](Cc2cccc(Cl)c2)CC1. The topological polar surface area (TPSA) is 47.8 Å². The number of hydrogen-bond acceptors (Lipinski definition) is 3. The number of benzene rings is 2.